The molecule has 1 rings (SSSR count). The number of nitrogens with one attached hydrogen (secondary N) is 1. The summed E-state index contributed by atoms with van der Waals surface area (Å²) in [5.74, 6) is -0.495. The first-order valence-electron chi connectivity index (χ1n) is 4.19. The number of hydrogen-bond acceptors (Lipinski definition) is 4. The van der Waals surface area contributed by atoms with Gasteiger partial charge in [-0.25, -0.2) is 9.37 Å². The van der Waals surface area contributed by atoms with Gasteiger partial charge < -0.3 is 10.4 Å². The number of rotatable bonds is 4. The van der Waals surface area contributed by atoms with Crippen LogP contribution in [-0.4, -0.2) is 27.7 Å². The summed E-state index contributed by atoms with van der Waals surface area (Å²) in [5, 5.41) is 11.4. The molecule has 0 saturated carbocycles. The zero-order valence-electron chi connectivity index (χ0n) is 7.67. The van der Waals surface area contributed by atoms with Crippen molar-refractivity contribution in [2.24, 2.45) is 0 Å². The van der Waals surface area contributed by atoms with Crippen molar-refractivity contribution in [2.75, 3.05) is 11.9 Å². The standard InChI is InChI=1S/C8H11ClFN3O/c1-5(2-3-14)12-7-6(10)4-11-8(9)13-7/h4-5,14H,2-3H2,1H3,(H,11,12,13). The summed E-state index contributed by atoms with van der Waals surface area (Å²) < 4.78 is 13.1. The predicted octanol–water partition coefficient (Wildman–Crippen LogP) is 1.45. The molecule has 0 aliphatic heterocycles. The van der Waals surface area contributed by atoms with Gasteiger partial charge in [0.05, 0.1) is 6.20 Å². The van der Waals surface area contributed by atoms with Gasteiger partial charge in [0, 0.05) is 12.6 Å². The van der Waals surface area contributed by atoms with Gasteiger partial charge >= 0.3 is 0 Å². The van der Waals surface area contributed by atoms with E-state index >= 15 is 0 Å². The third kappa shape index (κ3) is 3.08. The Balaban J connectivity index is 2.70. The van der Waals surface area contributed by atoms with Crippen molar-refractivity contribution in [3.63, 3.8) is 0 Å². The fourth-order valence-electron chi connectivity index (χ4n) is 0.946. The Morgan fingerprint density at radius 1 is 1.71 bits per heavy atom. The smallest absolute Gasteiger partial charge is 0.224 e. The number of nitrogens with zero attached hydrogens (tertiary/aromatic N) is 2. The normalized spacial score (nSPS) is 12.6. The van der Waals surface area contributed by atoms with E-state index < -0.39 is 5.82 Å². The molecule has 0 amide bonds. The summed E-state index contributed by atoms with van der Waals surface area (Å²) in [6.45, 7) is 1.85. The van der Waals surface area contributed by atoms with Gasteiger partial charge in [0.1, 0.15) is 0 Å². The molecule has 6 heteroatoms. The van der Waals surface area contributed by atoms with E-state index in [1.807, 2.05) is 6.92 Å². The predicted molar refractivity (Wildman–Crippen MR) is 51.8 cm³/mol. The van der Waals surface area contributed by atoms with Crippen LogP contribution < -0.4 is 5.32 Å². The highest BCUT2D eigenvalue weighted by Gasteiger charge is 2.08. The number of halogens is 2. The highest BCUT2D eigenvalue weighted by Crippen LogP contribution is 2.13. The minimum absolute atomic E-state index is 0.00917. The van der Waals surface area contributed by atoms with Crippen LogP contribution >= 0.6 is 11.6 Å². The van der Waals surface area contributed by atoms with Crippen LogP contribution in [0.5, 0.6) is 0 Å². The van der Waals surface area contributed by atoms with Gasteiger partial charge in [-0.3, -0.25) is 0 Å². The molecule has 0 fully saturated rings. The quantitative estimate of drug-likeness (QED) is 0.753. The van der Waals surface area contributed by atoms with Crippen LogP contribution in [0.15, 0.2) is 6.20 Å². The summed E-state index contributed by atoms with van der Waals surface area (Å²) in [4.78, 5) is 7.16. The summed E-state index contributed by atoms with van der Waals surface area (Å²) >= 11 is 5.50. The second kappa shape index (κ2) is 5.07. The molecule has 0 aromatic carbocycles. The van der Waals surface area contributed by atoms with Crippen molar-refractivity contribution in [1.29, 1.82) is 0 Å². The minimum atomic E-state index is -0.556. The molecule has 78 valence electrons. The van der Waals surface area contributed by atoms with Crippen LogP contribution in [0.1, 0.15) is 13.3 Å². The average Bonchev–Trinajstić information content (AvgIpc) is 2.12. The van der Waals surface area contributed by atoms with Crippen LogP contribution in [0.3, 0.4) is 0 Å². The molecule has 1 unspecified atom stereocenters. The molecule has 1 heterocycles. The lowest BCUT2D eigenvalue weighted by Gasteiger charge is -2.13. The third-order valence-electron chi connectivity index (χ3n) is 1.66. The Morgan fingerprint density at radius 3 is 3.07 bits per heavy atom. The lowest BCUT2D eigenvalue weighted by Crippen LogP contribution is -2.18. The largest absolute Gasteiger partial charge is 0.396 e. The van der Waals surface area contributed by atoms with Crippen molar-refractivity contribution in [2.45, 2.75) is 19.4 Å². The van der Waals surface area contributed by atoms with Crippen molar-refractivity contribution in [3.8, 4) is 0 Å². The lowest BCUT2D eigenvalue weighted by molar-refractivity contribution is 0.282. The van der Waals surface area contributed by atoms with Crippen LogP contribution in [0.25, 0.3) is 0 Å². The molecule has 0 aliphatic rings. The number of hydrogen-bond donors (Lipinski definition) is 2. The Morgan fingerprint density at radius 2 is 2.43 bits per heavy atom. The average molecular weight is 220 g/mol. The van der Waals surface area contributed by atoms with E-state index in [1.54, 1.807) is 0 Å². The fourth-order valence-corrected chi connectivity index (χ4v) is 1.08. The van der Waals surface area contributed by atoms with E-state index in [1.165, 1.54) is 0 Å². The first-order chi connectivity index (χ1) is 6.63. The van der Waals surface area contributed by atoms with E-state index in [-0.39, 0.29) is 23.8 Å². The maximum Gasteiger partial charge on any atom is 0.224 e. The molecule has 0 spiro atoms. The number of anilines is 1. The van der Waals surface area contributed by atoms with Gasteiger partial charge in [-0.05, 0) is 24.9 Å². The van der Waals surface area contributed by atoms with Crippen molar-refractivity contribution in [3.05, 3.63) is 17.3 Å². The van der Waals surface area contributed by atoms with E-state index in [0.717, 1.165) is 6.20 Å². The Labute approximate surface area is 86.1 Å². The zero-order valence-corrected chi connectivity index (χ0v) is 8.42. The molecule has 1 aromatic rings. The van der Waals surface area contributed by atoms with Gasteiger partial charge in [-0.1, -0.05) is 0 Å². The molecule has 0 radical (unpaired) electrons. The highest BCUT2D eigenvalue weighted by molar-refractivity contribution is 6.28. The molecule has 0 bridgehead atoms. The topological polar surface area (TPSA) is 58.0 Å². The van der Waals surface area contributed by atoms with E-state index in [9.17, 15) is 4.39 Å². The van der Waals surface area contributed by atoms with Crippen LogP contribution in [0.4, 0.5) is 10.2 Å². The summed E-state index contributed by atoms with van der Waals surface area (Å²) in [6, 6.07) is -0.0690. The molecule has 2 N–H and O–H groups in total. The maximum atomic E-state index is 13.1. The maximum absolute atomic E-state index is 13.1. The van der Waals surface area contributed by atoms with Crippen LogP contribution in [-0.2, 0) is 0 Å². The highest BCUT2D eigenvalue weighted by atomic mass is 35.5. The third-order valence-corrected chi connectivity index (χ3v) is 1.84. The fraction of sp³-hybridized carbons (Fsp3) is 0.500. The van der Waals surface area contributed by atoms with E-state index in [2.05, 4.69) is 15.3 Å². The Bertz CT molecular complexity index is 311. The monoisotopic (exact) mass is 219 g/mol. The summed E-state index contributed by atoms with van der Waals surface area (Å²) in [5.41, 5.74) is 0. The molecular formula is C8H11ClFN3O. The van der Waals surface area contributed by atoms with E-state index in [0.29, 0.717) is 6.42 Å². The molecule has 0 aliphatic carbocycles. The number of aliphatic hydroxyl groups is 1. The number of aliphatic hydroxyl groups excluding tert-OH is 1. The molecule has 0 saturated heterocycles. The molecule has 4 nitrogen and oxygen atoms in total. The van der Waals surface area contributed by atoms with Crippen molar-refractivity contribution < 1.29 is 9.50 Å². The summed E-state index contributed by atoms with van der Waals surface area (Å²) in [7, 11) is 0. The van der Waals surface area contributed by atoms with Gasteiger partial charge in [0.2, 0.25) is 5.28 Å². The molecule has 1 atom stereocenters. The van der Waals surface area contributed by atoms with Crippen LogP contribution in [0, 0.1) is 5.82 Å². The first-order valence-corrected chi connectivity index (χ1v) is 4.56. The Hall–Kier alpha value is -0.940. The molecular weight excluding hydrogens is 209 g/mol. The zero-order chi connectivity index (χ0) is 10.6. The second-order valence-electron chi connectivity index (χ2n) is 2.89. The van der Waals surface area contributed by atoms with Crippen molar-refractivity contribution in [1.82, 2.24) is 9.97 Å². The van der Waals surface area contributed by atoms with Gasteiger partial charge in [-0.2, -0.15) is 4.98 Å². The number of aromatic nitrogens is 2. The molecule has 14 heavy (non-hydrogen) atoms. The van der Waals surface area contributed by atoms with Gasteiger partial charge in [-0.15, -0.1) is 0 Å². The second-order valence-corrected chi connectivity index (χ2v) is 3.23. The minimum Gasteiger partial charge on any atom is -0.396 e. The summed E-state index contributed by atoms with van der Waals surface area (Å²) in [6.07, 6.45) is 1.52. The van der Waals surface area contributed by atoms with Gasteiger partial charge in [0.15, 0.2) is 11.6 Å². The first kappa shape index (κ1) is 11.1. The van der Waals surface area contributed by atoms with Crippen LogP contribution in [0.2, 0.25) is 5.28 Å². The lowest BCUT2D eigenvalue weighted by atomic mass is 10.2. The van der Waals surface area contributed by atoms with Crippen molar-refractivity contribution >= 4 is 17.4 Å². The Kier molecular flexibility index (Phi) is 4.03. The molecule has 1 aromatic heterocycles. The van der Waals surface area contributed by atoms with E-state index in [4.69, 9.17) is 16.7 Å². The van der Waals surface area contributed by atoms with Gasteiger partial charge in [0.25, 0.3) is 0 Å². The SMILES string of the molecule is CC(CCO)Nc1nc(Cl)ncc1F.